The number of anilines is 1. The summed E-state index contributed by atoms with van der Waals surface area (Å²) in [6.45, 7) is 9.27. The van der Waals surface area contributed by atoms with Crippen LogP contribution in [0.3, 0.4) is 0 Å². The first-order valence-corrected chi connectivity index (χ1v) is 12.1. The molecular weight excluding hydrogens is 444 g/mol. The number of carbonyl (C=O) groups excluding carboxylic acids is 1. The van der Waals surface area contributed by atoms with E-state index in [9.17, 15) is 4.79 Å². The van der Waals surface area contributed by atoms with Crippen LogP contribution >= 0.6 is 11.6 Å². The highest BCUT2D eigenvalue weighted by molar-refractivity contribution is 6.30. The zero-order valence-electron chi connectivity index (χ0n) is 19.9. The Labute approximate surface area is 205 Å². The summed E-state index contributed by atoms with van der Waals surface area (Å²) in [5, 5.41) is 0.734. The molecule has 0 unspecified atom stereocenters. The van der Waals surface area contributed by atoms with Crippen LogP contribution in [-0.2, 0) is 11.2 Å². The van der Waals surface area contributed by atoms with E-state index in [4.69, 9.17) is 16.6 Å². The molecule has 3 heterocycles. The van der Waals surface area contributed by atoms with Gasteiger partial charge in [-0.1, -0.05) is 29.8 Å². The van der Waals surface area contributed by atoms with E-state index in [1.165, 1.54) is 11.1 Å². The van der Waals surface area contributed by atoms with Gasteiger partial charge in [0.2, 0.25) is 5.91 Å². The highest BCUT2D eigenvalue weighted by atomic mass is 35.5. The summed E-state index contributed by atoms with van der Waals surface area (Å²) >= 11 is 6.16. The van der Waals surface area contributed by atoms with Crippen LogP contribution in [0.25, 0.3) is 16.9 Å². The van der Waals surface area contributed by atoms with Crippen molar-refractivity contribution in [2.45, 2.75) is 27.2 Å². The first-order valence-electron chi connectivity index (χ1n) is 11.7. The summed E-state index contributed by atoms with van der Waals surface area (Å²) in [6, 6.07) is 18.4. The Morgan fingerprint density at radius 2 is 1.74 bits per heavy atom. The number of aromatic nitrogens is 2. The Kier molecular flexibility index (Phi) is 6.05. The van der Waals surface area contributed by atoms with Crippen molar-refractivity contribution in [3.05, 3.63) is 88.2 Å². The third-order valence-electron chi connectivity index (χ3n) is 6.79. The summed E-state index contributed by atoms with van der Waals surface area (Å²) in [5.74, 6) is 0.137. The second-order valence-corrected chi connectivity index (χ2v) is 9.60. The molecule has 0 radical (unpaired) electrons. The summed E-state index contributed by atoms with van der Waals surface area (Å²) in [7, 11) is 0. The van der Waals surface area contributed by atoms with Gasteiger partial charge in [-0.25, -0.2) is 4.98 Å². The van der Waals surface area contributed by atoms with Gasteiger partial charge in [0, 0.05) is 48.6 Å². The van der Waals surface area contributed by atoms with Gasteiger partial charge in [-0.15, -0.1) is 0 Å². The molecule has 0 N–H and O–H groups in total. The number of piperazine rings is 1. The second-order valence-electron chi connectivity index (χ2n) is 9.16. The number of pyridine rings is 1. The smallest absolute Gasteiger partial charge is 0.228 e. The third kappa shape index (κ3) is 4.40. The van der Waals surface area contributed by atoms with Crippen LogP contribution in [-0.4, -0.2) is 46.4 Å². The van der Waals surface area contributed by atoms with Crippen LogP contribution in [0.4, 0.5) is 5.69 Å². The van der Waals surface area contributed by atoms with E-state index in [-0.39, 0.29) is 5.91 Å². The summed E-state index contributed by atoms with van der Waals surface area (Å²) < 4.78 is 2.07. The maximum absolute atomic E-state index is 13.4. The summed E-state index contributed by atoms with van der Waals surface area (Å²) in [5.41, 5.74) is 8.49. The number of hydrogen-bond acceptors (Lipinski definition) is 3. The molecule has 2 aromatic heterocycles. The Morgan fingerprint density at radius 3 is 2.47 bits per heavy atom. The molecule has 0 bridgehead atoms. The maximum atomic E-state index is 13.4. The van der Waals surface area contributed by atoms with Crippen molar-refractivity contribution in [2.75, 3.05) is 31.1 Å². The van der Waals surface area contributed by atoms with Crippen molar-refractivity contribution in [1.29, 1.82) is 0 Å². The molecule has 174 valence electrons. The second kappa shape index (κ2) is 9.15. The highest BCUT2D eigenvalue weighted by Crippen LogP contribution is 2.28. The molecule has 1 aliphatic heterocycles. The van der Waals surface area contributed by atoms with Gasteiger partial charge < -0.3 is 14.2 Å². The van der Waals surface area contributed by atoms with Gasteiger partial charge in [-0.05, 0) is 73.9 Å². The Morgan fingerprint density at radius 1 is 0.941 bits per heavy atom. The van der Waals surface area contributed by atoms with Crippen LogP contribution in [0, 0.1) is 20.8 Å². The number of hydrogen-bond donors (Lipinski definition) is 0. The van der Waals surface area contributed by atoms with Crippen molar-refractivity contribution < 1.29 is 4.79 Å². The number of fused-ring (bicyclic) bond motifs is 1. The van der Waals surface area contributed by atoms with Crippen LogP contribution in [0.1, 0.15) is 22.4 Å². The first-order chi connectivity index (χ1) is 16.4. The van der Waals surface area contributed by atoms with Gasteiger partial charge >= 0.3 is 0 Å². The van der Waals surface area contributed by atoms with Crippen molar-refractivity contribution in [1.82, 2.24) is 14.3 Å². The largest absolute Gasteiger partial charge is 0.368 e. The Bertz CT molecular complexity index is 1370. The van der Waals surface area contributed by atoms with E-state index >= 15 is 0 Å². The standard InChI is InChI=1S/C28H29ClN4O/c1-19-9-10-33-25(28(30-26(33)15-19)22-8-7-20(2)21(3)16-22)18-27(34)32-13-11-31(12-14-32)24-6-4-5-23(29)17-24/h4-10,15-17H,11-14,18H2,1-3H3. The van der Waals surface area contributed by atoms with Gasteiger partial charge in [-0.3, -0.25) is 4.79 Å². The predicted octanol–water partition coefficient (Wildman–Crippen LogP) is 5.47. The van der Waals surface area contributed by atoms with Gasteiger partial charge in [0.25, 0.3) is 0 Å². The number of carbonyl (C=O) groups is 1. The number of benzene rings is 2. The van der Waals surface area contributed by atoms with E-state index in [1.54, 1.807) is 0 Å². The molecule has 1 saturated heterocycles. The van der Waals surface area contributed by atoms with Crippen LogP contribution in [0.5, 0.6) is 0 Å². The molecule has 0 aliphatic carbocycles. The topological polar surface area (TPSA) is 40.9 Å². The average molecular weight is 473 g/mol. The van der Waals surface area contributed by atoms with Gasteiger partial charge in [0.1, 0.15) is 5.65 Å². The van der Waals surface area contributed by atoms with Crippen LogP contribution in [0.2, 0.25) is 5.02 Å². The van der Waals surface area contributed by atoms with Crippen LogP contribution < -0.4 is 4.90 Å². The Hall–Kier alpha value is -3.31. The molecule has 1 amide bonds. The van der Waals surface area contributed by atoms with Crippen molar-refractivity contribution in [2.24, 2.45) is 0 Å². The minimum atomic E-state index is 0.137. The number of aryl methyl sites for hydroxylation is 3. The number of rotatable bonds is 4. The number of amides is 1. The molecule has 1 fully saturated rings. The van der Waals surface area contributed by atoms with E-state index in [1.807, 2.05) is 29.3 Å². The van der Waals surface area contributed by atoms with Gasteiger partial charge in [0.05, 0.1) is 17.8 Å². The molecule has 6 heteroatoms. The zero-order valence-corrected chi connectivity index (χ0v) is 20.6. The van der Waals surface area contributed by atoms with Crippen molar-refractivity contribution in [3.8, 4) is 11.3 Å². The zero-order chi connectivity index (χ0) is 23.8. The molecule has 1 aliphatic rings. The predicted molar refractivity (Wildman–Crippen MR) is 139 cm³/mol. The number of imidazole rings is 1. The third-order valence-corrected chi connectivity index (χ3v) is 7.02. The average Bonchev–Trinajstić information content (AvgIpc) is 3.18. The normalized spacial score (nSPS) is 14.1. The van der Waals surface area contributed by atoms with E-state index in [2.05, 4.69) is 66.5 Å². The van der Waals surface area contributed by atoms with Crippen molar-refractivity contribution in [3.63, 3.8) is 0 Å². The fourth-order valence-corrected chi connectivity index (χ4v) is 4.81. The number of nitrogens with zero attached hydrogens (tertiary/aromatic N) is 4. The molecule has 34 heavy (non-hydrogen) atoms. The monoisotopic (exact) mass is 472 g/mol. The SMILES string of the molecule is Cc1ccn2c(CC(=O)N3CCN(c4cccc(Cl)c4)CC3)c(-c3ccc(C)c(C)c3)nc2c1. The van der Waals surface area contributed by atoms with E-state index in [0.717, 1.165) is 52.0 Å². The minimum absolute atomic E-state index is 0.137. The van der Waals surface area contributed by atoms with Gasteiger partial charge in [-0.2, -0.15) is 0 Å². The quantitative estimate of drug-likeness (QED) is 0.395. The summed E-state index contributed by atoms with van der Waals surface area (Å²) in [6.07, 6.45) is 2.35. The maximum Gasteiger partial charge on any atom is 0.228 e. The highest BCUT2D eigenvalue weighted by Gasteiger charge is 2.24. The lowest BCUT2D eigenvalue weighted by molar-refractivity contribution is -0.130. The first kappa shape index (κ1) is 22.5. The van der Waals surface area contributed by atoms with E-state index < -0.39 is 0 Å². The van der Waals surface area contributed by atoms with Crippen LogP contribution in [0.15, 0.2) is 60.8 Å². The summed E-state index contributed by atoms with van der Waals surface area (Å²) in [4.78, 5) is 22.6. The molecular formula is C28H29ClN4O. The molecule has 4 aromatic rings. The molecule has 0 saturated carbocycles. The molecule has 0 spiro atoms. The number of halogens is 1. The lowest BCUT2D eigenvalue weighted by Crippen LogP contribution is -2.49. The lowest BCUT2D eigenvalue weighted by atomic mass is 10.0. The fraction of sp³-hybridized carbons (Fsp3) is 0.286. The minimum Gasteiger partial charge on any atom is -0.368 e. The van der Waals surface area contributed by atoms with E-state index in [0.29, 0.717) is 19.5 Å². The van der Waals surface area contributed by atoms with Crippen molar-refractivity contribution >= 4 is 28.8 Å². The lowest BCUT2D eigenvalue weighted by Gasteiger charge is -2.36. The molecule has 5 rings (SSSR count). The molecule has 5 nitrogen and oxygen atoms in total. The Balaban J connectivity index is 1.40. The fourth-order valence-electron chi connectivity index (χ4n) is 4.63. The molecule has 2 aromatic carbocycles. The van der Waals surface area contributed by atoms with Gasteiger partial charge in [0.15, 0.2) is 0 Å². The molecule has 0 atom stereocenters.